The van der Waals surface area contributed by atoms with E-state index in [1.807, 2.05) is 0 Å². The van der Waals surface area contributed by atoms with Crippen LogP contribution < -0.4 is 0 Å². The first kappa shape index (κ1) is 23.9. The summed E-state index contributed by atoms with van der Waals surface area (Å²) in [5, 5.41) is 20.7. The van der Waals surface area contributed by atoms with Gasteiger partial charge in [-0.3, -0.25) is 0 Å². The first-order chi connectivity index (χ1) is 11.5. The lowest BCUT2D eigenvalue weighted by Gasteiger charge is -2.41. The monoisotopic (exact) mass is 344 g/mol. The highest BCUT2D eigenvalue weighted by Crippen LogP contribution is 2.19. The third-order valence-corrected chi connectivity index (χ3v) is 5.36. The van der Waals surface area contributed by atoms with Crippen molar-refractivity contribution in [2.24, 2.45) is 0 Å². The predicted octanol–water partition coefficient (Wildman–Crippen LogP) is 4.90. The third-order valence-electron chi connectivity index (χ3n) is 5.36. The number of nitrogens with zero attached hydrogens (tertiary/aromatic N) is 1. The van der Waals surface area contributed by atoms with E-state index in [9.17, 15) is 10.2 Å². The lowest BCUT2D eigenvalue weighted by molar-refractivity contribution is -0.934. The van der Waals surface area contributed by atoms with Crippen LogP contribution in [0, 0.1) is 0 Å². The van der Waals surface area contributed by atoms with Gasteiger partial charge in [0.25, 0.3) is 0 Å². The molecular formula is C21H46NO2+. The molecule has 0 heterocycles. The topological polar surface area (TPSA) is 40.5 Å². The number of rotatable bonds is 17. The Morgan fingerprint density at radius 1 is 0.583 bits per heavy atom. The molecule has 0 aromatic heterocycles. The SMILES string of the molecule is CCCCCCC[N+](CCCCCC)(CC(O)CC)CC(O)CC. The highest BCUT2D eigenvalue weighted by molar-refractivity contribution is 4.60. The van der Waals surface area contributed by atoms with Gasteiger partial charge in [-0.1, -0.05) is 59.8 Å². The molecular weight excluding hydrogens is 298 g/mol. The van der Waals surface area contributed by atoms with Crippen LogP contribution in [0.15, 0.2) is 0 Å². The van der Waals surface area contributed by atoms with Crippen molar-refractivity contribution in [3.63, 3.8) is 0 Å². The van der Waals surface area contributed by atoms with Crippen molar-refractivity contribution in [2.45, 2.75) is 111 Å². The molecule has 2 unspecified atom stereocenters. The van der Waals surface area contributed by atoms with Crippen LogP contribution in [0.5, 0.6) is 0 Å². The van der Waals surface area contributed by atoms with E-state index in [0.29, 0.717) is 0 Å². The van der Waals surface area contributed by atoms with E-state index in [-0.39, 0.29) is 12.2 Å². The normalized spacial score (nSPS) is 16.8. The molecule has 2 N–H and O–H groups in total. The highest BCUT2D eigenvalue weighted by atomic mass is 16.3. The van der Waals surface area contributed by atoms with Crippen LogP contribution in [0.4, 0.5) is 0 Å². The summed E-state index contributed by atoms with van der Waals surface area (Å²) in [5.74, 6) is 0. The van der Waals surface area contributed by atoms with Gasteiger partial charge in [0.05, 0.1) is 13.1 Å². The second-order valence-electron chi connectivity index (χ2n) is 7.75. The van der Waals surface area contributed by atoms with Gasteiger partial charge in [0.1, 0.15) is 25.3 Å². The fourth-order valence-electron chi connectivity index (χ4n) is 3.63. The average Bonchev–Trinajstić information content (AvgIpc) is 2.58. The summed E-state index contributed by atoms with van der Waals surface area (Å²) < 4.78 is 0.917. The van der Waals surface area contributed by atoms with Gasteiger partial charge in [-0.05, 0) is 38.5 Å². The summed E-state index contributed by atoms with van der Waals surface area (Å²) >= 11 is 0. The Bertz CT molecular complexity index is 259. The van der Waals surface area contributed by atoms with E-state index in [1.54, 1.807) is 0 Å². The van der Waals surface area contributed by atoms with E-state index in [0.717, 1.165) is 43.5 Å². The van der Waals surface area contributed by atoms with Crippen LogP contribution in [0.3, 0.4) is 0 Å². The quantitative estimate of drug-likeness (QED) is 0.291. The second-order valence-corrected chi connectivity index (χ2v) is 7.75. The number of hydrogen-bond acceptors (Lipinski definition) is 2. The van der Waals surface area contributed by atoms with Crippen LogP contribution in [0.25, 0.3) is 0 Å². The van der Waals surface area contributed by atoms with Crippen LogP contribution in [0.1, 0.15) is 98.3 Å². The van der Waals surface area contributed by atoms with Crippen molar-refractivity contribution in [3.05, 3.63) is 0 Å². The zero-order chi connectivity index (χ0) is 18.3. The van der Waals surface area contributed by atoms with Gasteiger partial charge in [0.15, 0.2) is 0 Å². The minimum Gasteiger partial charge on any atom is -0.387 e. The summed E-state index contributed by atoms with van der Waals surface area (Å²) in [4.78, 5) is 0. The maximum Gasteiger partial charge on any atom is 0.105 e. The first-order valence-electron chi connectivity index (χ1n) is 10.7. The fourth-order valence-corrected chi connectivity index (χ4v) is 3.63. The molecule has 0 saturated heterocycles. The smallest absolute Gasteiger partial charge is 0.105 e. The van der Waals surface area contributed by atoms with Crippen molar-refractivity contribution in [3.8, 4) is 0 Å². The number of aliphatic hydroxyl groups is 2. The third kappa shape index (κ3) is 11.4. The molecule has 0 radical (unpaired) electrons. The van der Waals surface area contributed by atoms with E-state index >= 15 is 0 Å². The van der Waals surface area contributed by atoms with Crippen molar-refractivity contribution in [1.82, 2.24) is 0 Å². The van der Waals surface area contributed by atoms with E-state index in [4.69, 9.17) is 0 Å². The first-order valence-corrected chi connectivity index (χ1v) is 10.7. The second kappa shape index (κ2) is 15.2. The van der Waals surface area contributed by atoms with Crippen molar-refractivity contribution in [1.29, 1.82) is 0 Å². The fraction of sp³-hybridized carbons (Fsp3) is 1.00. The maximum absolute atomic E-state index is 10.3. The minimum absolute atomic E-state index is 0.240. The molecule has 3 nitrogen and oxygen atoms in total. The molecule has 0 bridgehead atoms. The largest absolute Gasteiger partial charge is 0.387 e. The molecule has 2 atom stereocenters. The van der Waals surface area contributed by atoms with Gasteiger partial charge in [-0.2, -0.15) is 0 Å². The molecule has 0 aliphatic heterocycles. The Labute approximate surface area is 152 Å². The zero-order valence-electron chi connectivity index (χ0n) is 17.1. The molecule has 0 rings (SSSR count). The zero-order valence-corrected chi connectivity index (χ0v) is 17.1. The van der Waals surface area contributed by atoms with Gasteiger partial charge in [-0.15, -0.1) is 0 Å². The minimum atomic E-state index is -0.240. The lowest BCUT2D eigenvalue weighted by atomic mass is 10.1. The molecule has 146 valence electrons. The summed E-state index contributed by atoms with van der Waals surface area (Å²) in [5.41, 5.74) is 0. The summed E-state index contributed by atoms with van der Waals surface area (Å²) in [7, 11) is 0. The molecule has 0 saturated carbocycles. The van der Waals surface area contributed by atoms with Gasteiger partial charge >= 0.3 is 0 Å². The number of unbranched alkanes of at least 4 members (excludes halogenated alkanes) is 7. The number of hydrogen-bond donors (Lipinski definition) is 2. The number of quaternary nitrogens is 1. The molecule has 0 aliphatic carbocycles. The van der Waals surface area contributed by atoms with Crippen LogP contribution in [-0.4, -0.2) is 53.1 Å². The van der Waals surface area contributed by atoms with Gasteiger partial charge in [0, 0.05) is 0 Å². The van der Waals surface area contributed by atoms with E-state index in [1.165, 1.54) is 57.8 Å². The van der Waals surface area contributed by atoms with Crippen LogP contribution in [-0.2, 0) is 0 Å². The number of aliphatic hydroxyl groups excluding tert-OH is 2. The summed E-state index contributed by atoms with van der Waals surface area (Å²) in [6, 6.07) is 0. The molecule has 3 heteroatoms. The molecule has 0 aromatic carbocycles. The predicted molar refractivity (Wildman–Crippen MR) is 105 cm³/mol. The van der Waals surface area contributed by atoms with E-state index in [2.05, 4.69) is 27.7 Å². The summed E-state index contributed by atoms with van der Waals surface area (Å²) in [6.45, 7) is 12.5. The Morgan fingerprint density at radius 2 is 0.958 bits per heavy atom. The van der Waals surface area contributed by atoms with E-state index < -0.39 is 0 Å². The molecule has 0 amide bonds. The molecule has 24 heavy (non-hydrogen) atoms. The van der Waals surface area contributed by atoms with Gasteiger partial charge in [-0.25, -0.2) is 0 Å². The van der Waals surface area contributed by atoms with Crippen LogP contribution in [0.2, 0.25) is 0 Å². The maximum atomic E-state index is 10.3. The Balaban J connectivity index is 4.81. The Hall–Kier alpha value is -0.120. The van der Waals surface area contributed by atoms with Crippen molar-refractivity contribution in [2.75, 3.05) is 26.2 Å². The average molecular weight is 345 g/mol. The molecule has 0 spiro atoms. The Kier molecular flexibility index (Phi) is 15.1. The van der Waals surface area contributed by atoms with Crippen molar-refractivity contribution >= 4 is 0 Å². The van der Waals surface area contributed by atoms with Gasteiger partial charge < -0.3 is 14.7 Å². The van der Waals surface area contributed by atoms with Gasteiger partial charge in [0.2, 0.25) is 0 Å². The lowest BCUT2D eigenvalue weighted by Crippen LogP contribution is -2.56. The highest BCUT2D eigenvalue weighted by Gasteiger charge is 2.31. The van der Waals surface area contributed by atoms with Crippen molar-refractivity contribution < 1.29 is 14.7 Å². The molecule has 0 fully saturated rings. The Morgan fingerprint density at radius 3 is 1.33 bits per heavy atom. The van der Waals surface area contributed by atoms with Crippen LogP contribution >= 0.6 is 0 Å². The summed E-state index contributed by atoms with van der Waals surface area (Å²) in [6.07, 6.45) is 12.6. The standard InChI is InChI=1S/C21H46NO2/c1-5-9-11-13-15-17-22(18-20(23)7-3,19-21(24)8-4)16-14-12-10-6-2/h20-21,23-24H,5-19H2,1-4H3/q+1. The molecule has 0 aliphatic rings. The molecule has 0 aromatic rings.